The van der Waals surface area contributed by atoms with Gasteiger partial charge in [0.05, 0.1) is 6.61 Å². The van der Waals surface area contributed by atoms with E-state index in [0.717, 1.165) is 19.4 Å². The number of hydrogen-bond acceptors (Lipinski definition) is 4. The molecule has 0 aromatic heterocycles. The van der Waals surface area contributed by atoms with Crippen molar-refractivity contribution in [2.24, 2.45) is 0 Å². The molecule has 0 spiro atoms. The molecule has 0 aromatic rings. The summed E-state index contributed by atoms with van der Waals surface area (Å²) in [6.45, 7) is 1.31. The molecule has 0 aromatic carbocycles. The maximum atomic E-state index is 9.82. The van der Waals surface area contributed by atoms with Crippen LogP contribution in [0.3, 0.4) is 0 Å². The fourth-order valence-corrected chi connectivity index (χ4v) is 1.64. The zero-order chi connectivity index (χ0) is 9.52. The largest absolute Gasteiger partial charge is 0.314 e. The summed E-state index contributed by atoms with van der Waals surface area (Å²) in [5, 5.41) is 12.5. The molecule has 0 aliphatic carbocycles. The second-order valence-corrected chi connectivity index (χ2v) is 3.35. The number of rotatable bonds is 5. The van der Waals surface area contributed by atoms with E-state index < -0.39 is 5.09 Å². The van der Waals surface area contributed by atoms with Crippen LogP contribution in [0, 0.1) is 10.1 Å². The molecule has 1 rings (SSSR count). The summed E-state index contributed by atoms with van der Waals surface area (Å²) < 4.78 is 0. The molecule has 13 heavy (non-hydrogen) atoms. The highest BCUT2D eigenvalue weighted by atomic mass is 16.9. The quantitative estimate of drug-likeness (QED) is 0.399. The third-order valence-corrected chi connectivity index (χ3v) is 2.31. The van der Waals surface area contributed by atoms with Crippen LogP contribution in [0.2, 0.25) is 0 Å². The zero-order valence-corrected chi connectivity index (χ0v) is 7.70. The third kappa shape index (κ3) is 4.67. The molecular weight excluding hydrogens is 172 g/mol. The lowest BCUT2D eigenvalue weighted by molar-refractivity contribution is -0.757. The molecule has 1 N–H and O–H groups in total. The number of nitrogens with one attached hydrogen (secondary N) is 1. The minimum atomic E-state index is -0.728. The van der Waals surface area contributed by atoms with Gasteiger partial charge in [0.15, 0.2) is 0 Å². The van der Waals surface area contributed by atoms with Gasteiger partial charge < -0.3 is 10.2 Å². The Bertz CT molecular complexity index is 157. The van der Waals surface area contributed by atoms with E-state index in [0.29, 0.717) is 6.04 Å². The molecule has 1 atom stereocenters. The van der Waals surface area contributed by atoms with Gasteiger partial charge in [-0.1, -0.05) is 6.42 Å². The predicted octanol–water partition coefficient (Wildman–Crippen LogP) is 1.12. The molecule has 0 amide bonds. The molecule has 0 radical (unpaired) electrons. The second-order valence-electron chi connectivity index (χ2n) is 3.35. The van der Waals surface area contributed by atoms with Gasteiger partial charge in [0, 0.05) is 6.04 Å². The van der Waals surface area contributed by atoms with Crippen LogP contribution >= 0.6 is 0 Å². The lowest BCUT2D eigenvalue weighted by Crippen LogP contribution is -2.34. The first kappa shape index (κ1) is 10.2. The molecular formula is C8H16N2O3. The van der Waals surface area contributed by atoms with Gasteiger partial charge in [0.25, 0.3) is 5.09 Å². The van der Waals surface area contributed by atoms with Crippen LogP contribution in [0.5, 0.6) is 0 Å². The molecule has 76 valence electrons. The number of piperidine rings is 1. The Balaban J connectivity index is 1.95. The molecule has 1 heterocycles. The molecule has 1 aliphatic heterocycles. The van der Waals surface area contributed by atoms with Crippen molar-refractivity contribution in [2.45, 2.75) is 38.1 Å². The van der Waals surface area contributed by atoms with Crippen LogP contribution in [-0.2, 0) is 4.84 Å². The van der Waals surface area contributed by atoms with Crippen molar-refractivity contribution in [1.82, 2.24) is 5.32 Å². The SMILES string of the molecule is O=[N+]([O-])OCCCC1CCCCN1. The smallest absolute Gasteiger partial charge is 0.294 e. The number of nitrogens with zero attached hydrogens (tertiary/aromatic N) is 1. The first-order valence-corrected chi connectivity index (χ1v) is 4.80. The van der Waals surface area contributed by atoms with E-state index in [4.69, 9.17) is 0 Å². The van der Waals surface area contributed by atoms with E-state index in [-0.39, 0.29) is 6.61 Å². The minimum absolute atomic E-state index is 0.227. The van der Waals surface area contributed by atoms with Crippen molar-refractivity contribution in [3.8, 4) is 0 Å². The molecule has 1 fully saturated rings. The van der Waals surface area contributed by atoms with Gasteiger partial charge in [-0.05, 0) is 32.2 Å². The first-order valence-electron chi connectivity index (χ1n) is 4.80. The standard InChI is InChI=1S/C8H16N2O3/c11-10(12)13-7-3-5-8-4-1-2-6-9-8/h8-9H,1-7H2. The lowest BCUT2D eigenvalue weighted by atomic mass is 10.0. The van der Waals surface area contributed by atoms with Crippen molar-refractivity contribution in [3.63, 3.8) is 0 Å². The van der Waals surface area contributed by atoms with Gasteiger partial charge in [0.1, 0.15) is 0 Å². The fraction of sp³-hybridized carbons (Fsp3) is 1.00. The normalized spacial score (nSPS) is 22.6. The summed E-state index contributed by atoms with van der Waals surface area (Å²) in [5.74, 6) is 0. The molecule has 1 saturated heterocycles. The van der Waals surface area contributed by atoms with E-state index in [2.05, 4.69) is 10.2 Å². The van der Waals surface area contributed by atoms with Crippen LogP contribution in [0.4, 0.5) is 0 Å². The van der Waals surface area contributed by atoms with Crippen LogP contribution in [0.25, 0.3) is 0 Å². The summed E-state index contributed by atoms with van der Waals surface area (Å²) in [7, 11) is 0. The highest BCUT2D eigenvalue weighted by Crippen LogP contribution is 2.11. The van der Waals surface area contributed by atoms with Gasteiger partial charge in [-0.15, -0.1) is 10.1 Å². The van der Waals surface area contributed by atoms with Crippen molar-refractivity contribution >= 4 is 0 Å². The van der Waals surface area contributed by atoms with Crippen molar-refractivity contribution in [3.05, 3.63) is 10.1 Å². The maximum absolute atomic E-state index is 9.82. The van der Waals surface area contributed by atoms with E-state index in [1.807, 2.05) is 0 Å². The summed E-state index contributed by atoms with van der Waals surface area (Å²) in [4.78, 5) is 14.0. The average Bonchev–Trinajstić information content (AvgIpc) is 2.14. The van der Waals surface area contributed by atoms with Crippen LogP contribution in [0.1, 0.15) is 32.1 Å². The summed E-state index contributed by atoms with van der Waals surface area (Å²) in [6, 6.07) is 0.545. The Morgan fingerprint density at radius 2 is 2.38 bits per heavy atom. The van der Waals surface area contributed by atoms with E-state index in [1.165, 1.54) is 19.3 Å². The Morgan fingerprint density at radius 3 is 3.00 bits per heavy atom. The molecule has 5 heteroatoms. The first-order chi connectivity index (χ1) is 6.29. The van der Waals surface area contributed by atoms with E-state index in [1.54, 1.807) is 0 Å². The van der Waals surface area contributed by atoms with Crippen LogP contribution in [-0.4, -0.2) is 24.3 Å². The fourth-order valence-electron chi connectivity index (χ4n) is 1.64. The Kier molecular flexibility index (Phi) is 4.53. The molecule has 0 bridgehead atoms. The highest BCUT2D eigenvalue weighted by molar-refractivity contribution is 4.71. The minimum Gasteiger partial charge on any atom is -0.314 e. The number of hydrogen-bond donors (Lipinski definition) is 1. The van der Waals surface area contributed by atoms with E-state index >= 15 is 0 Å². The topological polar surface area (TPSA) is 64.4 Å². The maximum Gasteiger partial charge on any atom is 0.294 e. The second kappa shape index (κ2) is 5.75. The van der Waals surface area contributed by atoms with Gasteiger partial charge in [-0.3, -0.25) is 0 Å². The Labute approximate surface area is 77.6 Å². The lowest BCUT2D eigenvalue weighted by Gasteiger charge is -2.22. The third-order valence-electron chi connectivity index (χ3n) is 2.31. The Hall–Kier alpha value is -0.840. The molecule has 1 aliphatic rings. The van der Waals surface area contributed by atoms with Crippen molar-refractivity contribution in [1.29, 1.82) is 0 Å². The zero-order valence-electron chi connectivity index (χ0n) is 7.70. The van der Waals surface area contributed by atoms with Gasteiger partial charge in [-0.2, -0.15) is 0 Å². The van der Waals surface area contributed by atoms with E-state index in [9.17, 15) is 10.1 Å². The van der Waals surface area contributed by atoms with Crippen LogP contribution in [0.15, 0.2) is 0 Å². The Morgan fingerprint density at radius 1 is 1.54 bits per heavy atom. The summed E-state index contributed by atoms with van der Waals surface area (Å²) >= 11 is 0. The van der Waals surface area contributed by atoms with Crippen molar-refractivity contribution in [2.75, 3.05) is 13.2 Å². The van der Waals surface area contributed by atoms with Crippen LogP contribution < -0.4 is 5.32 Å². The molecule has 0 saturated carbocycles. The molecule has 5 nitrogen and oxygen atoms in total. The monoisotopic (exact) mass is 188 g/mol. The van der Waals surface area contributed by atoms with Gasteiger partial charge in [-0.25, -0.2) is 0 Å². The van der Waals surface area contributed by atoms with Gasteiger partial charge in [0.2, 0.25) is 0 Å². The van der Waals surface area contributed by atoms with Gasteiger partial charge >= 0.3 is 0 Å². The summed E-state index contributed by atoms with van der Waals surface area (Å²) in [5.41, 5.74) is 0. The molecule has 1 unspecified atom stereocenters. The summed E-state index contributed by atoms with van der Waals surface area (Å²) in [6.07, 6.45) is 5.46. The predicted molar refractivity (Wildman–Crippen MR) is 47.8 cm³/mol. The highest BCUT2D eigenvalue weighted by Gasteiger charge is 2.11. The van der Waals surface area contributed by atoms with Crippen molar-refractivity contribution < 1.29 is 9.92 Å². The average molecular weight is 188 g/mol.